The minimum atomic E-state index is -3.78. The van der Waals surface area contributed by atoms with Gasteiger partial charge in [0.25, 0.3) is 5.91 Å². The predicted octanol–water partition coefficient (Wildman–Crippen LogP) is 5.02. The number of halogens is 1. The number of hydrogen-bond donors (Lipinski definition) is 0. The van der Waals surface area contributed by atoms with Crippen LogP contribution in [0.1, 0.15) is 39.7 Å². The summed E-state index contributed by atoms with van der Waals surface area (Å²) in [6.07, 6.45) is 1.52. The van der Waals surface area contributed by atoms with Gasteiger partial charge in [-0.1, -0.05) is 54.6 Å². The van der Waals surface area contributed by atoms with Gasteiger partial charge in [-0.05, 0) is 54.8 Å². The summed E-state index contributed by atoms with van der Waals surface area (Å²) in [5.74, 6) is -0.856. The van der Waals surface area contributed by atoms with Gasteiger partial charge in [0.1, 0.15) is 5.82 Å². The van der Waals surface area contributed by atoms with Crippen LogP contribution < -0.4 is 0 Å². The van der Waals surface area contributed by atoms with Crippen LogP contribution in [0.5, 0.6) is 0 Å². The molecule has 0 saturated heterocycles. The van der Waals surface area contributed by atoms with E-state index in [0.717, 1.165) is 16.7 Å². The summed E-state index contributed by atoms with van der Waals surface area (Å²) in [4.78, 5) is 19.0. The van der Waals surface area contributed by atoms with Crippen LogP contribution >= 0.6 is 0 Å². The number of benzene rings is 3. The maximum Gasteiger partial charge on any atom is 0.254 e. The molecule has 4 rings (SSSR count). The van der Waals surface area contributed by atoms with Gasteiger partial charge >= 0.3 is 0 Å². The zero-order valence-electron chi connectivity index (χ0n) is 20.3. The predicted molar refractivity (Wildman–Crippen MR) is 137 cm³/mol. The molecule has 0 atom stereocenters. The monoisotopic (exact) mass is 505 g/mol. The molecule has 0 radical (unpaired) electrons. The summed E-state index contributed by atoms with van der Waals surface area (Å²) in [5, 5.41) is -0.0325. The number of nitrogens with zero attached hydrogens (tertiary/aromatic N) is 3. The van der Waals surface area contributed by atoms with Crippen molar-refractivity contribution in [1.29, 1.82) is 0 Å². The highest BCUT2D eigenvalue weighted by atomic mass is 32.2. The van der Waals surface area contributed by atoms with Crippen LogP contribution in [0.15, 0.2) is 90.2 Å². The van der Waals surface area contributed by atoms with Crippen molar-refractivity contribution in [2.45, 2.75) is 37.8 Å². The van der Waals surface area contributed by atoms with Crippen LogP contribution in [0, 0.1) is 12.7 Å². The summed E-state index contributed by atoms with van der Waals surface area (Å²) < 4.78 is 42.1. The van der Waals surface area contributed by atoms with Crippen LogP contribution in [-0.2, 0) is 28.7 Å². The Morgan fingerprint density at radius 3 is 2.31 bits per heavy atom. The normalized spacial score (nSPS) is 11.4. The molecule has 8 heteroatoms. The second kappa shape index (κ2) is 10.9. The van der Waals surface area contributed by atoms with Crippen molar-refractivity contribution in [1.82, 2.24) is 14.5 Å². The number of carbonyl (C=O) groups is 1. The lowest BCUT2D eigenvalue weighted by Crippen LogP contribution is -2.31. The maximum absolute atomic E-state index is 13.5. The molecule has 0 saturated carbocycles. The second-order valence-electron chi connectivity index (χ2n) is 8.62. The van der Waals surface area contributed by atoms with Crippen LogP contribution in [0.2, 0.25) is 0 Å². The molecular formula is C28H28FN3O3S. The molecule has 36 heavy (non-hydrogen) atoms. The third kappa shape index (κ3) is 5.71. The van der Waals surface area contributed by atoms with Crippen molar-refractivity contribution in [3.8, 4) is 0 Å². The molecule has 186 valence electrons. The smallest absolute Gasteiger partial charge is 0.254 e. The van der Waals surface area contributed by atoms with Crippen molar-refractivity contribution in [3.63, 3.8) is 0 Å². The van der Waals surface area contributed by atoms with Gasteiger partial charge in [0.2, 0.25) is 15.0 Å². The van der Waals surface area contributed by atoms with E-state index in [4.69, 9.17) is 0 Å². The Balaban J connectivity index is 1.70. The lowest BCUT2D eigenvalue weighted by atomic mass is 10.1. The number of imidazole rings is 1. The number of hydrogen-bond acceptors (Lipinski definition) is 4. The molecule has 0 aliphatic rings. The topological polar surface area (TPSA) is 72.3 Å². The second-order valence-corrected chi connectivity index (χ2v) is 10.5. The van der Waals surface area contributed by atoms with Gasteiger partial charge in [-0.3, -0.25) is 4.79 Å². The number of aromatic nitrogens is 2. The third-order valence-corrected chi connectivity index (χ3v) is 7.66. The van der Waals surface area contributed by atoms with Gasteiger partial charge in [0.15, 0.2) is 0 Å². The van der Waals surface area contributed by atoms with E-state index in [2.05, 4.69) is 4.98 Å². The van der Waals surface area contributed by atoms with Gasteiger partial charge < -0.3 is 9.47 Å². The summed E-state index contributed by atoms with van der Waals surface area (Å²) in [6, 6.07) is 22.3. The van der Waals surface area contributed by atoms with E-state index in [1.54, 1.807) is 15.5 Å². The Morgan fingerprint density at radius 2 is 1.64 bits per heavy atom. The molecule has 0 unspecified atom stereocenters. The first-order valence-corrected chi connectivity index (χ1v) is 13.3. The van der Waals surface area contributed by atoms with Gasteiger partial charge in [0, 0.05) is 12.1 Å². The average Bonchev–Trinajstić information content (AvgIpc) is 3.27. The highest BCUT2D eigenvalue weighted by molar-refractivity contribution is 7.90. The van der Waals surface area contributed by atoms with E-state index in [1.165, 1.54) is 30.5 Å². The first kappa shape index (κ1) is 25.3. The number of aryl methyl sites for hydroxylation is 1. The highest BCUT2D eigenvalue weighted by Crippen LogP contribution is 2.22. The van der Waals surface area contributed by atoms with Crippen molar-refractivity contribution in [2.75, 3.05) is 6.54 Å². The SMILES string of the molecule is CCN(Cc1cnc(S(=O)(=O)Cc2ccccc2C)n1Cc1ccccc1)C(=O)c1ccc(F)cc1. The molecule has 3 aromatic carbocycles. The fourth-order valence-electron chi connectivity index (χ4n) is 4.04. The molecule has 0 bridgehead atoms. The van der Waals surface area contributed by atoms with Crippen molar-refractivity contribution in [3.05, 3.63) is 119 Å². The number of carbonyl (C=O) groups excluding carboxylic acids is 1. The van der Waals surface area contributed by atoms with Crippen molar-refractivity contribution < 1.29 is 17.6 Å². The molecule has 0 aliphatic carbocycles. The largest absolute Gasteiger partial charge is 0.333 e. The Kier molecular flexibility index (Phi) is 7.64. The fourth-order valence-corrected chi connectivity index (χ4v) is 5.63. The molecule has 1 amide bonds. The number of amides is 1. The van der Waals surface area contributed by atoms with E-state index in [0.29, 0.717) is 24.3 Å². The Hall–Kier alpha value is -3.78. The molecule has 0 N–H and O–H groups in total. The van der Waals surface area contributed by atoms with Crippen LogP contribution in [0.3, 0.4) is 0 Å². The van der Waals surface area contributed by atoms with Gasteiger partial charge in [-0.2, -0.15) is 0 Å². The van der Waals surface area contributed by atoms with Crippen LogP contribution in [-0.4, -0.2) is 35.3 Å². The number of rotatable bonds is 9. The zero-order chi connectivity index (χ0) is 25.7. The molecule has 4 aromatic rings. The number of sulfone groups is 1. The Morgan fingerprint density at radius 1 is 0.972 bits per heavy atom. The summed E-state index contributed by atoms with van der Waals surface area (Å²) >= 11 is 0. The first-order valence-electron chi connectivity index (χ1n) is 11.7. The molecule has 0 fully saturated rings. The minimum absolute atomic E-state index is 0.0325. The van der Waals surface area contributed by atoms with Gasteiger partial charge in [-0.25, -0.2) is 17.8 Å². The minimum Gasteiger partial charge on any atom is -0.333 e. The van der Waals surface area contributed by atoms with Crippen molar-refractivity contribution >= 4 is 15.7 Å². The Bertz CT molecular complexity index is 1450. The van der Waals surface area contributed by atoms with Crippen molar-refractivity contribution in [2.24, 2.45) is 0 Å². The lowest BCUT2D eigenvalue weighted by Gasteiger charge is -2.22. The van der Waals surface area contributed by atoms with E-state index >= 15 is 0 Å². The van der Waals surface area contributed by atoms with E-state index in [-0.39, 0.29) is 23.4 Å². The van der Waals surface area contributed by atoms with Gasteiger partial charge in [0.05, 0.1) is 30.7 Å². The molecule has 0 aliphatic heterocycles. The Labute approximate surface area is 211 Å². The van der Waals surface area contributed by atoms with Crippen LogP contribution in [0.25, 0.3) is 0 Å². The van der Waals surface area contributed by atoms with E-state index in [1.807, 2.05) is 62.4 Å². The molecule has 6 nitrogen and oxygen atoms in total. The quantitative estimate of drug-likeness (QED) is 0.320. The van der Waals surface area contributed by atoms with E-state index in [9.17, 15) is 17.6 Å². The summed E-state index contributed by atoms with van der Waals surface area (Å²) in [6.45, 7) is 4.56. The summed E-state index contributed by atoms with van der Waals surface area (Å²) in [5.41, 5.74) is 3.48. The van der Waals surface area contributed by atoms with Gasteiger partial charge in [-0.15, -0.1) is 0 Å². The zero-order valence-corrected chi connectivity index (χ0v) is 21.1. The standard InChI is InChI=1S/C28H28FN3O3S/c1-3-31(27(33)23-13-15-25(29)16-14-23)19-26-17-30-28(32(26)18-22-10-5-4-6-11-22)36(34,35)20-24-12-8-7-9-21(24)2/h4-17H,3,18-20H2,1-2H3. The molecule has 1 heterocycles. The molecular weight excluding hydrogens is 477 g/mol. The van der Waals surface area contributed by atoms with E-state index < -0.39 is 15.7 Å². The highest BCUT2D eigenvalue weighted by Gasteiger charge is 2.26. The average molecular weight is 506 g/mol. The molecule has 0 spiro atoms. The molecule has 1 aromatic heterocycles. The lowest BCUT2D eigenvalue weighted by molar-refractivity contribution is 0.0748. The third-order valence-electron chi connectivity index (χ3n) is 6.08. The van der Waals surface area contributed by atoms with Crippen LogP contribution in [0.4, 0.5) is 4.39 Å². The first-order chi connectivity index (χ1) is 17.3. The fraction of sp³-hybridized carbons (Fsp3) is 0.214. The summed E-state index contributed by atoms with van der Waals surface area (Å²) in [7, 11) is -3.78. The maximum atomic E-state index is 13.5.